The van der Waals surface area contributed by atoms with Crippen LogP contribution in [-0.4, -0.2) is 12.5 Å². The van der Waals surface area contributed by atoms with Gasteiger partial charge >= 0.3 is 0 Å². The van der Waals surface area contributed by atoms with Gasteiger partial charge in [-0.15, -0.1) is 0 Å². The molecule has 1 unspecified atom stereocenters. The summed E-state index contributed by atoms with van der Waals surface area (Å²) in [6.07, 6.45) is 2.94. The maximum Gasteiger partial charge on any atom is 0.279 e. The van der Waals surface area contributed by atoms with E-state index in [9.17, 15) is 9.36 Å². The summed E-state index contributed by atoms with van der Waals surface area (Å²) in [6, 6.07) is 17.8. The summed E-state index contributed by atoms with van der Waals surface area (Å²) < 4.78 is 18.7. The van der Waals surface area contributed by atoms with E-state index in [2.05, 4.69) is 5.32 Å². The minimum atomic E-state index is -3.64. The summed E-state index contributed by atoms with van der Waals surface area (Å²) >= 11 is 11.9. The Labute approximate surface area is 162 Å². The molecule has 0 aliphatic rings. The lowest BCUT2D eigenvalue weighted by Gasteiger charge is -2.21. The fourth-order valence-corrected chi connectivity index (χ4v) is 4.91. The molecule has 0 heterocycles. The van der Waals surface area contributed by atoms with Gasteiger partial charge in [-0.05, 0) is 30.7 Å². The van der Waals surface area contributed by atoms with Crippen LogP contribution < -0.4 is 10.6 Å². The maximum atomic E-state index is 13.5. The van der Waals surface area contributed by atoms with Crippen molar-refractivity contribution in [2.75, 3.05) is 6.61 Å². The molecule has 0 spiro atoms. The van der Waals surface area contributed by atoms with Crippen LogP contribution in [0, 0.1) is 0 Å². The van der Waals surface area contributed by atoms with E-state index in [4.69, 9.17) is 27.7 Å². The Hall–Kier alpha value is -1.84. The SMILES string of the molecule is CCOP(=O)(C(NC(=O)/C=C/c1ccccc1)=C(Cl)Cl)c1ccccc1. The van der Waals surface area contributed by atoms with Crippen molar-refractivity contribution < 1.29 is 13.9 Å². The molecule has 136 valence electrons. The Bertz CT molecular complexity index is 848. The molecule has 2 aromatic rings. The molecular weight excluding hydrogens is 392 g/mol. The van der Waals surface area contributed by atoms with Crippen molar-refractivity contribution in [1.29, 1.82) is 0 Å². The van der Waals surface area contributed by atoms with Crippen molar-refractivity contribution in [3.63, 3.8) is 0 Å². The maximum absolute atomic E-state index is 13.5. The molecule has 0 saturated heterocycles. The van der Waals surface area contributed by atoms with Crippen LogP contribution in [0.3, 0.4) is 0 Å². The molecule has 0 fully saturated rings. The highest BCUT2D eigenvalue weighted by molar-refractivity contribution is 7.71. The van der Waals surface area contributed by atoms with E-state index in [1.807, 2.05) is 30.3 Å². The van der Waals surface area contributed by atoms with E-state index in [-0.39, 0.29) is 16.5 Å². The van der Waals surface area contributed by atoms with Crippen molar-refractivity contribution >= 4 is 47.9 Å². The number of nitrogens with one attached hydrogen (secondary N) is 1. The zero-order chi connectivity index (χ0) is 19.0. The topological polar surface area (TPSA) is 55.4 Å². The van der Waals surface area contributed by atoms with E-state index in [0.29, 0.717) is 5.30 Å². The summed E-state index contributed by atoms with van der Waals surface area (Å²) in [4.78, 5) is 12.3. The van der Waals surface area contributed by atoms with Gasteiger partial charge in [0.25, 0.3) is 7.37 Å². The number of benzene rings is 2. The molecule has 0 radical (unpaired) electrons. The van der Waals surface area contributed by atoms with Crippen LogP contribution >= 0.6 is 30.6 Å². The quantitative estimate of drug-likeness (QED) is 0.513. The molecule has 1 amide bonds. The van der Waals surface area contributed by atoms with Gasteiger partial charge < -0.3 is 9.84 Å². The van der Waals surface area contributed by atoms with Crippen LogP contribution in [-0.2, 0) is 13.9 Å². The molecule has 7 heteroatoms. The van der Waals surface area contributed by atoms with Crippen LogP contribution in [0.25, 0.3) is 6.08 Å². The van der Waals surface area contributed by atoms with Gasteiger partial charge in [0, 0.05) is 11.4 Å². The fourth-order valence-electron chi connectivity index (χ4n) is 2.20. The van der Waals surface area contributed by atoms with Gasteiger partial charge in [-0.3, -0.25) is 9.36 Å². The van der Waals surface area contributed by atoms with Gasteiger partial charge in [0.05, 0.1) is 6.61 Å². The average molecular weight is 410 g/mol. The summed E-state index contributed by atoms with van der Waals surface area (Å²) in [6.45, 7) is 1.86. The van der Waals surface area contributed by atoms with Gasteiger partial charge in [-0.1, -0.05) is 71.7 Å². The van der Waals surface area contributed by atoms with E-state index in [1.54, 1.807) is 43.3 Å². The smallest absolute Gasteiger partial charge is 0.279 e. The third kappa shape index (κ3) is 5.33. The van der Waals surface area contributed by atoms with E-state index in [0.717, 1.165) is 5.56 Å². The Kier molecular flexibility index (Phi) is 7.67. The van der Waals surface area contributed by atoms with Crippen molar-refractivity contribution in [3.05, 3.63) is 82.2 Å². The van der Waals surface area contributed by atoms with Gasteiger partial charge in [-0.25, -0.2) is 0 Å². The lowest BCUT2D eigenvalue weighted by molar-refractivity contribution is -0.115. The van der Waals surface area contributed by atoms with Crippen molar-refractivity contribution in [2.24, 2.45) is 0 Å². The van der Waals surface area contributed by atoms with Crippen molar-refractivity contribution in [3.8, 4) is 0 Å². The highest BCUT2D eigenvalue weighted by Gasteiger charge is 2.34. The summed E-state index contributed by atoms with van der Waals surface area (Å²) in [5.74, 6) is -0.515. The first-order valence-corrected chi connectivity index (χ1v) is 10.3. The highest BCUT2D eigenvalue weighted by Crippen LogP contribution is 2.54. The number of amides is 1. The van der Waals surface area contributed by atoms with Crippen LogP contribution in [0.15, 0.2) is 76.7 Å². The van der Waals surface area contributed by atoms with Crippen LogP contribution in [0.2, 0.25) is 0 Å². The predicted octanol–water partition coefficient (Wildman–Crippen LogP) is 5.06. The second-order valence-electron chi connectivity index (χ2n) is 5.15. The minimum Gasteiger partial charge on any atom is -0.321 e. The fraction of sp³-hybridized carbons (Fsp3) is 0.105. The molecule has 0 aliphatic heterocycles. The standard InChI is InChI=1S/C19H18Cl2NO3P/c1-2-25-26(24,16-11-7-4-8-12-16)19(18(20)21)22-17(23)14-13-15-9-5-3-6-10-15/h3-14H,2H2,1H3,(H,22,23)/b14-13+. The molecule has 26 heavy (non-hydrogen) atoms. The molecule has 2 rings (SSSR count). The van der Waals surface area contributed by atoms with Gasteiger partial charge in [-0.2, -0.15) is 0 Å². The third-order valence-corrected chi connectivity index (χ3v) is 6.51. The zero-order valence-corrected chi connectivity index (χ0v) is 16.5. The zero-order valence-electron chi connectivity index (χ0n) is 14.1. The molecule has 1 atom stereocenters. The first-order valence-electron chi connectivity index (χ1n) is 7.87. The van der Waals surface area contributed by atoms with Gasteiger partial charge in [0.15, 0.2) is 0 Å². The Balaban J connectivity index is 2.30. The number of hydrogen-bond donors (Lipinski definition) is 1. The lowest BCUT2D eigenvalue weighted by atomic mass is 10.2. The molecular formula is C19H18Cl2NO3P. The van der Waals surface area contributed by atoms with E-state index >= 15 is 0 Å². The first-order chi connectivity index (χ1) is 12.5. The van der Waals surface area contributed by atoms with E-state index in [1.165, 1.54) is 6.08 Å². The molecule has 0 aliphatic carbocycles. The van der Waals surface area contributed by atoms with Crippen LogP contribution in [0.1, 0.15) is 12.5 Å². The number of carbonyl (C=O) groups excluding carboxylic acids is 1. The number of rotatable bonds is 7. The molecule has 0 bridgehead atoms. The summed E-state index contributed by atoms with van der Waals surface area (Å²) in [5, 5.41) is 2.90. The normalized spacial score (nSPS) is 13.2. The lowest BCUT2D eigenvalue weighted by Crippen LogP contribution is -2.25. The highest BCUT2D eigenvalue weighted by atomic mass is 35.5. The second kappa shape index (κ2) is 9.75. The molecule has 1 N–H and O–H groups in total. The monoisotopic (exact) mass is 409 g/mol. The predicted molar refractivity (Wildman–Crippen MR) is 108 cm³/mol. The first kappa shape index (κ1) is 20.5. The number of carbonyl (C=O) groups is 1. The Morgan fingerprint density at radius 1 is 1.08 bits per heavy atom. The Morgan fingerprint density at radius 2 is 1.65 bits per heavy atom. The number of hydrogen-bond acceptors (Lipinski definition) is 3. The van der Waals surface area contributed by atoms with Gasteiger partial charge in [0.1, 0.15) is 9.93 Å². The van der Waals surface area contributed by atoms with Crippen LogP contribution in [0.4, 0.5) is 0 Å². The van der Waals surface area contributed by atoms with Gasteiger partial charge in [0.2, 0.25) is 5.91 Å². The summed E-state index contributed by atoms with van der Waals surface area (Å²) in [7, 11) is -3.64. The number of halogens is 2. The third-order valence-electron chi connectivity index (χ3n) is 3.35. The summed E-state index contributed by atoms with van der Waals surface area (Å²) in [5.41, 5.74) is 0.706. The minimum absolute atomic E-state index is 0.142. The molecule has 4 nitrogen and oxygen atoms in total. The van der Waals surface area contributed by atoms with Crippen LogP contribution in [0.5, 0.6) is 0 Å². The Morgan fingerprint density at radius 3 is 2.19 bits per heavy atom. The second-order valence-corrected chi connectivity index (χ2v) is 8.42. The molecule has 0 aromatic heterocycles. The average Bonchev–Trinajstić information content (AvgIpc) is 2.66. The van der Waals surface area contributed by atoms with Crippen molar-refractivity contribution in [2.45, 2.75) is 6.92 Å². The molecule has 2 aromatic carbocycles. The van der Waals surface area contributed by atoms with Crippen molar-refractivity contribution in [1.82, 2.24) is 5.32 Å². The largest absolute Gasteiger partial charge is 0.321 e. The molecule has 0 saturated carbocycles. The van der Waals surface area contributed by atoms with E-state index < -0.39 is 13.3 Å².